The molecule has 1 heterocycles. The van der Waals surface area contributed by atoms with Crippen LogP contribution in [-0.4, -0.2) is 49.2 Å². The van der Waals surface area contributed by atoms with E-state index in [0.717, 1.165) is 5.56 Å². The second-order valence-corrected chi connectivity index (χ2v) is 4.90. The van der Waals surface area contributed by atoms with Crippen molar-refractivity contribution in [1.82, 2.24) is 10.2 Å². The van der Waals surface area contributed by atoms with Crippen LogP contribution < -0.4 is 5.32 Å². The van der Waals surface area contributed by atoms with E-state index in [1.165, 1.54) is 6.92 Å². The first-order valence-electron chi connectivity index (χ1n) is 6.97. The number of alkyl carbamates (subject to hydrolysis) is 1. The lowest BCUT2D eigenvalue weighted by atomic mass is 10.2. The summed E-state index contributed by atoms with van der Waals surface area (Å²) in [4.78, 5) is 24.6. The predicted molar refractivity (Wildman–Crippen MR) is 76.6 cm³/mol. The highest BCUT2D eigenvalue weighted by molar-refractivity contribution is 5.73. The smallest absolute Gasteiger partial charge is 0.407 e. The highest BCUT2D eigenvalue weighted by atomic mass is 16.5. The van der Waals surface area contributed by atoms with Gasteiger partial charge >= 0.3 is 6.09 Å². The van der Waals surface area contributed by atoms with E-state index in [4.69, 9.17) is 9.47 Å². The molecule has 1 aliphatic rings. The largest absolute Gasteiger partial charge is 0.445 e. The molecule has 0 radical (unpaired) electrons. The number of nitrogens with one attached hydrogen (secondary N) is 1. The Kier molecular flexibility index (Phi) is 5.57. The van der Waals surface area contributed by atoms with Crippen LogP contribution in [0.15, 0.2) is 30.3 Å². The average molecular weight is 292 g/mol. The van der Waals surface area contributed by atoms with Crippen LogP contribution in [0.4, 0.5) is 4.79 Å². The summed E-state index contributed by atoms with van der Waals surface area (Å²) in [5, 5.41) is 2.66. The highest BCUT2D eigenvalue weighted by Crippen LogP contribution is 2.05. The maximum absolute atomic E-state index is 11.6. The summed E-state index contributed by atoms with van der Waals surface area (Å²) >= 11 is 0. The van der Waals surface area contributed by atoms with E-state index in [0.29, 0.717) is 26.2 Å². The first-order chi connectivity index (χ1) is 10.1. The first-order valence-corrected chi connectivity index (χ1v) is 6.97. The van der Waals surface area contributed by atoms with E-state index in [1.807, 2.05) is 30.3 Å². The van der Waals surface area contributed by atoms with Crippen molar-refractivity contribution < 1.29 is 19.1 Å². The van der Waals surface area contributed by atoms with Crippen molar-refractivity contribution in [3.05, 3.63) is 35.9 Å². The van der Waals surface area contributed by atoms with Crippen molar-refractivity contribution in [2.24, 2.45) is 0 Å². The Morgan fingerprint density at radius 2 is 2.14 bits per heavy atom. The summed E-state index contributed by atoms with van der Waals surface area (Å²) in [6.45, 7) is 3.68. The molecule has 114 valence electrons. The van der Waals surface area contributed by atoms with Gasteiger partial charge in [-0.25, -0.2) is 4.79 Å². The number of carbonyl (C=O) groups excluding carboxylic acids is 2. The van der Waals surface area contributed by atoms with Crippen LogP contribution in [0.5, 0.6) is 0 Å². The molecule has 1 saturated heterocycles. The molecule has 0 bridgehead atoms. The van der Waals surface area contributed by atoms with Crippen molar-refractivity contribution in [2.75, 3.05) is 26.2 Å². The molecule has 1 N–H and O–H groups in total. The van der Waals surface area contributed by atoms with Gasteiger partial charge in [-0.2, -0.15) is 0 Å². The third-order valence-electron chi connectivity index (χ3n) is 3.27. The SMILES string of the molecule is CC(=O)N1CCOC(CNC(=O)OCc2ccccc2)C1. The summed E-state index contributed by atoms with van der Waals surface area (Å²) in [6, 6.07) is 9.47. The van der Waals surface area contributed by atoms with Gasteiger partial charge in [0, 0.05) is 26.6 Å². The van der Waals surface area contributed by atoms with Crippen molar-refractivity contribution in [1.29, 1.82) is 0 Å². The number of hydrogen-bond donors (Lipinski definition) is 1. The van der Waals surface area contributed by atoms with Crippen LogP contribution in [0.2, 0.25) is 0 Å². The molecule has 2 amide bonds. The average Bonchev–Trinajstić information content (AvgIpc) is 2.52. The van der Waals surface area contributed by atoms with Gasteiger partial charge in [0.05, 0.1) is 12.7 Å². The lowest BCUT2D eigenvalue weighted by molar-refractivity contribution is -0.136. The molecule has 2 rings (SSSR count). The molecule has 1 atom stereocenters. The zero-order chi connectivity index (χ0) is 15.1. The van der Waals surface area contributed by atoms with Crippen LogP contribution in [-0.2, 0) is 20.9 Å². The highest BCUT2D eigenvalue weighted by Gasteiger charge is 2.22. The lowest BCUT2D eigenvalue weighted by Crippen LogP contribution is -2.49. The molecule has 6 heteroatoms. The van der Waals surface area contributed by atoms with Gasteiger partial charge in [0.1, 0.15) is 6.61 Å². The number of nitrogens with zero attached hydrogens (tertiary/aromatic N) is 1. The van der Waals surface area contributed by atoms with Gasteiger partial charge in [0.25, 0.3) is 0 Å². The van der Waals surface area contributed by atoms with Crippen molar-refractivity contribution >= 4 is 12.0 Å². The predicted octanol–water partition coefficient (Wildman–Crippen LogP) is 1.16. The van der Waals surface area contributed by atoms with Gasteiger partial charge in [-0.15, -0.1) is 0 Å². The number of carbonyl (C=O) groups is 2. The third kappa shape index (κ3) is 5.07. The summed E-state index contributed by atoms with van der Waals surface area (Å²) in [5.41, 5.74) is 0.935. The fourth-order valence-electron chi connectivity index (χ4n) is 2.10. The third-order valence-corrected chi connectivity index (χ3v) is 3.27. The monoisotopic (exact) mass is 292 g/mol. The molecule has 1 unspecified atom stereocenters. The minimum Gasteiger partial charge on any atom is -0.445 e. The molecule has 0 saturated carbocycles. The van der Waals surface area contributed by atoms with E-state index < -0.39 is 6.09 Å². The molecular formula is C15H20N2O4. The number of amides is 2. The van der Waals surface area contributed by atoms with Crippen LogP contribution >= 0.6 is 0 Å². The minimum atomic E-state index is -0.484. The van der Waals surface area contributed by atoms with Gasteiger partial charge in [-0.1, -0.05) is 30.3 Å². The number of ether oxygens (including phenoxy) is 2. The van der Waals surface area contributed by atoms with Crippen LogP contribution in [0, 0.1) is 0 Å². The summed E-state index contributed by atoms with van der Waals surface area (Å²) in [5.74, 6) is 0.0231. The van der Waals surface area contributed by atoms with E-state index in [9.17, 15) is 9.59 Å². The van der Waals surface area contributed by atoms with Gasteiger partial charge in [-0.05, 0) is 5.56 Å². The zero-order valence-corrected chi connectivity index (χ0v) is 12.1. The number of benzene rings is 1. The fraction of sp³-hybridized carbons (Fsp3) is 0.467. The van der Waals surface area contributed by atoms with Crippen molar-refractivity contribution in [3.63, 3.8) is 0 Å². The standard InChI is InChI=1S/C15H20N2O4/c1-12(18)17-7-8-20-14(10-17)9-16-15(19)21-11-13-5-3-2-4-6-13/h2-6,14H,7-11H2,1H3,(H,16,19). The Bertz CT molecular complexity index is 478. The van der Waals surface area contributed by atoms with Crippen molar-refractivity contribution in [3.8, 4) is 0 Å². The maximum Gasteiger partial charge on any atom is 0.407 e. The van der Waals surface area contributed by atoms with E-state index >= 15 is 0 Å². The molecule has 1 aliphatic heterocycles. The van der Waals surface area contributed by atoms with E-state index in [-0.39, 0.29) is 18.6 Å². The minimum absolute atomic E-state index is 0.0231. The molecular weight excluding hydrogens is 272 g/mol. The summed E-state index contributed by atoms with van der Waals surface area (Å²) in [6.07, 6.45) is -0.672. The number of rotatable bonds is 4. The van der Waals surface area contributed by atoms with Gasteiger partial charge in [0.15, 0.2) is 0 Å². The zero-order valence-electron chi connectivity index (χ0n) is 12.1. The number of hydrogen-bond acceptors (Lipinski definition) is 4. The summed E-state index contributed by atoms with van der Waals surface area (Å²) < 4.78 is 10.6. The maximum atomic E-state index is 11.6. The summed E-state index contributed by atoms with van der Waals surface area (Å²) in [7, 11) is 0. The quantitative estimate of drug-likeness (QED) is 0.904. The van der Waals surface area contributed by atoms with Crippen LogP contribution in [0.1, 0.15) is 12.5 Å². The fourth-order valence-corrected chi connectivity index (χ4v) is 2.10. The molecule has 1 aromatic rings. The van der Waals surface area contributed by atoms with Crippen LogP contribution in [0.3, 0.4) is 0 Å². The van der Waals surface area contributed by atoms with Crippen LogP contribution in [0.25, 0.3) is 0 Å². The second kappa shape index (κ2) is 7.64. The molecule has 1 fully saturated rings. The van der Waals surface area contributed by atoms with Crippen molar-refractivity contribution in [2.45, 2.75) is 19.6 Å². The first kappa shape index (κ1) is 15.3. The Labute approximate surface area is 124 Å². The molecule has 6 nitrogen and oxygen atoms in total. The lowest BCUT2D eigenvalue weighted by Gasteiger charge is -2.32. The number of morpholine rings is 1. The van der Waals surface area contributed by atoms with Gasteiger partial charge in [-0.3, -0.25) is 4.79 Å². The van der Waals surface area contributed by atoms with Gasteiger partial charge in [0.2, 0.25) is 5.91 Å². The molecule has 0 aromatic heterocycles. The second-order valence-electron chi connectivity index (χ2n) is 4.90. The normalized spacial score (nSPS) is 18.1. The topological polar surface area (TPSA) is 67.9 Å². The molecule has 0 aliphatic carbocycles. The molecule has 1 aromatic carbocycles. The molecule has 0 spiro atoms. The van der Waals surface area contributed by atoms with E-state index in [2.05, 4.69) is 5.32 Å². The Hall–Kier alpha value is -2.08. The Morgan fingerprint density at radius 3 is 2.86 bits per heavy atom. The molecule has 21 heavy (non-hydrogen) atoms. The Balaban J connectivity index is 1.68. The van der Waals surface area contributed by atoms with Gasteiger partial charge < -0.3 is 19.7 Å². The van der Waals surface area contributed by atoms with E-state index in [1.54, 1.807) is 4.90 Å². The Morgan fingerprint density at radius 1 is 1.38 bits per heavy atom.